The normalized spacial score (nSPS) is 16.0. The SMILES string of the molecule is CC1(C)OB(c2ccc3cnn(-c4cccc(CO[Si](C)(C)C(C)(C)C)c4)c3c2)OC1(C)C.CCC[C@H](NS(=O)C(C)(C)C)c1ccnc(-c2ccc3cnn(-c4cccc(CO[Si](C)(C)C(C)(C)C)n4)c3c2)c1.CCC[C@H](N[S@](=O)C(C)(C)C)c1ccnc(Br)c1. The van der Waals surface area contributed by atoms with Gasteiger partial charge in [0.1, 0.15) is 4.60 Å². The number of pyridine rings is 3. The molecule has 9 rings (SSSR count). The minimum absolute atomic E-state index is 0.0171. The third-order valence-electron chi connectivity index (χ3n) is 18.0. The molecule has 0 spiro atoms. The van der Waals surface area contributed by atoms with E-state index < -0.39 is 45.7 Å². The maximum absolute atomic E-state index is 12.9. The largest absolute Gasteiger partial charge is 0.494 e. The summed E-state index contributed by atoms with van der Waals surface area (Å²) in [5.74, 6) is 0.757. The lowest BCUT2D eigenvalue weighted by Crippen LogP contribution is -2.41. The summed E-state index contributed by atoms with van der Waals surface area (Å²) >= 11 is 3.37. The molecule has 5 aromatic heterocycles. The van der Waals surface area contributed by atoms with E-state index in [4.69, 9.17) is 28.1 Å². The van der Waals surface area contributed by atoms with Crippen molar-refractivity contribution in [1.82, 2.24) is 44.0 Å². The van der Waals surface area contributed by atoms with Crippen molar-refractivity contribution < 1.29 is 26.6 Å². The molecule has 3 aromatic carbocycles. The van der Waals surface area contributed by atoms with Gasteiger partial charge in [-0.2, -0.15) is 10.2 Å². The second-order valence-corrected chi connectivity index (χ2v) is 44.5. The summed E-state index contributed by atoms with van der Waals surface area (Å²) in [6, 6.07) is 35.2. The van der Waals surface area contributed by atoms with Gasteiger partial charge in [-0.1, -0.05) is 111 Å². The highest BCUT2D eigenvalue weighted by Gasteiger charge is 2.52. The molecule has 498 valence electrons. The molecular weight excluding hydrogens is 1290 g/mol. The van der Waals surface area contributed by atoms with Gasteiger partial charge in [0, 0.05) is 40.8 Å². The van der Waals surface area contributed by atoms with Gasteiger partial charge < -0.3 is 18.2 Å². The fraction of sp³-hybridized carbons (Fsp3) is 0.507. The number of halogens is 1. The van der Waals surface area contributed by atoms with Crippen LogP contribution in [0.1, 0.15) is 185 Å². The lowest BCUT2D eigenvalue weighted by atomic mass is 9.79. The average Bonchev–Trinajstić information content (AvgIpc) is 1.62. The van der Waals surface area contributed by atoms with Gasteiger partial charge in [0.2, 0.25) is 0 Å². The van der Waals surface area contributed by atoms with Crippen LogP contribution < -0.4 is 14.9 Å². The first-order valence-electron chi connectivity index (χ1n) is 32.3. The van der Waals surface area contributed by atoms with Crippen molar-refractivity contribution in [2.75, 3.05) is 0 Å². The molecule has 15 nitrogen and oxygen atoms in total. The molecule has 1 unspecified atom stereocenters. The van der Waals surface area contributed by atoms with E-state index in [2.05, 4.69) is 217 Å². The quantitative estimate of drug-likeness (QED) is 0.0550. The molecular formula is C71H103BBrN9O6S2Si2. The van der Waals surface area contributed by atoms with E-state index in [0.717, 1.165) is 103 Å². The maximum atomic E-state index is 12.9. The van der Waals surface area contributed by atoms with Crippen LogP contribution in [0.15, 0.2) is 133 Å². The summed E-state index contributed by atoms with van der Waals surface area (Å²) in [5.41, 5.74) is 9.38. The second-order valence-electron chi connectivity index (χ2n) is 30.1. The van der Waals surface area contributed by atoms with E-state index in [0.29, 0.717) is 13.2 Å². The van der Waals surface area contributed by atoms with E-state index in [9.17, 15) is 8.42 Å². The molecule has 92 heavy (non-hydrogen) atoms. The maximum Gasteiger partial charge on any atom is 0.494 e. The summed E-state index contributed by atoms with van der Waals surface area (Å²) in [6.07, 6.45) is 11.2. The molecule has 4 atom stereocenters. The van der Waals surface area contributed by atoms with Crippen LogP contribution in [0.4, 0.5) is 0 Å². The van der Waals surface area contributed by atoms with Crippen LogP contribution in [-0.2, 0) is 53.3 Å². The lowest BCUT2D eigenvalue weighted by Gasteiger charge is -2.36. The van der Waals surface area contributed by atoms with Gasteiger partial charge in [-0.15, -0.1) is 0 Å². The van der Waals surface area contributed by atoms with E-state index in [1.165, 1.54) is 0 Å². The van der Waals surface area contributed by atoms with Gasteiger partial charge in [0.15, 0.2) is 22.5 Å². The molecule has 1 saturated heterocycles. The Morgan fingerprint density at radius 2 is 1.12 bits per heavy atom. The Balaban J connectivity index is 0.000000210. The zero-order valence-corrected chi connectivity index (χ0v) is 64.1. The van der Waals surface area contributed by atoms with Gasteiger partial charge >= 0.3 is 7.12 Å². The minimum atomic E-state index is -1.89. The van der Waals surface area contributed by atoms with Gasteiger partial charge in [-0.3, -0.25) is 4.98 Å². The number of hydrogen-bond donors (Lipinski definition) is 2. The molecule has 0 amide bonds. The van der Waals surface area contributed by atoms with Crippen molar-refractivity contribution in [2.45, 2.75) is 233 Å². The summed E-state index contributed by atoms with van der Waals surface area (Å²) in [4.78, 5) is 13.7. The Kier molecular flexibility index (Phi) is 24.3. The zero-order valence-electron chi connectivity index (χ0n) is 58.9. The molecule has 8 aromatic rings. The Bertz CT molecular complexity index is 3820. The lowest BCUT2D eigenvalue weighted by molar-refractivity contribution is 0.00578. The highest BCUT2D eigenvalue weighted by Crippen LogP contribution is 2.40. The second kappa shape index (κ2) is 30.0. The van der Waals surface area contributed by atoms with Crippen LogP contribution >= 0.6 is 15.9 Å². The van der Waals surface area contributed by atoms with Gasteiger partial charge in [0.05, 0.1) is 96.4 Å². The van der Waals surface area contributed by atoms with Crippen molar-refractivity contribution >= 4 is 88.9 Å². The standard InChI is InChI=1S/C32H45N5O2SSi.C26H37BN2O3Si.C13H21BrN2OS/c1-10-12-27(36-40(38)31(2,3)4)24-17-18-33-28(19-24)23-15-16-25-21-34-37(29(25)20-23)30-14-11-13-26(35-30)22-39-41(8,9)32(5,6)7;1-24(2,3)33(8,9)30-18-19-11-10-12-22(15-19)29-23-16-21(14-13-20(23)17-28-29)27-31-25(4,5)26(6,7)32-27;1-5-6-11(16-18(17)13(2,3)4)10-7-8-15-12(14)9-10/h11,13-21,27,36H,10,12,22H2,1-9H3;10-17H,18H2,1-9H3;7-9,11,16H,5-6H2,1-4H3/t27-,40?;;11-,18+/m0.0/s1. The number of rotatable bonds is 20. The number of benzene rings is 3. The van der Waals surface area contributed by atoms with Crippen molar-refractivity contribution in [3.63, 3.8) is 0 Å². The van der Waals surface area contributed by atoms with Crippen LogP contribution in [0.3, 0.4) is 0 Å². The molecule has 0 aliphatic carbocycles. The molecule has 1 aliphatic rings. The summed E-state index contributed by atoms with van der Waals surface area (Å²) < 4.78 is 61.1. The third kappa shape index (κ3) is 19.0. The van der Waals surface area contributed by atoms with E-state index in [1.54, 1.807) is 6.20 Å². The molecule has 0 radical (unpaired) electrons. The first-order valence-corrected chi connectivity index (χ1v) is 41.2. The smallest absolute Gasteiger partial charge is 0.413 e. The van der Waals surface area contributed by atoms with Crippen LogP contribution in [0.25, 0.3) is 44.6 Å². The molecule has 6 heterocycles. The topological polar surface area (TPSA) is 169 Å². The molecule has 0 bridgehead atoms. The van der Waals surface area contributed by atoms with Crippen LogP contribution in [-0.4, -0.2) is 87.4 Å². The summed E-state index contributed by atoms with van der Waals surface area (Å²) in [7, 11) is -6.32. The van der Waals surface area contributed by atoms with Gasteiger partial charge in [0.25, 0.3) is 0 Å². The van der Waals surface area contributed by atoms with Gasteiger partial charge in [-0.25, -0.2) is 37.2 Å². The van der Waals surface area contributed by atoms with E-state index >= 15 is 0 Å². The van der Waals surface area contributed by atoms with Crippen molar-refractivity contribution in [3.05, 3.63) is 155 Å². The molecule has 0 saturated carbocycles. The summed E-state index contributed by atoms with van der Waals surface area (Å²) in [5, 5.41) is 11.8. The molecule has 1 aliphatic heterocycles. The predicted octanol–water partition coefficient (Wildman–Crippen LogP) is 17.5. The third-order valence-corrected chi connectivity index (χ3v) is 30.7. The predicted molar refractivity (Wildman–Crippen MR) is 392 cm³/mol. The number of aromatic nitrogens is 7. The zero-order chi connectivity index (χ0) is 68.0. The average molecular weight is 1390 g/mol. The van der Waals surface area contributed by atoms with Crippen molar-refractivity contribution in [2.24, 2.45) is 0 Å². The van der Waals surface area contributed by atoms with Crippen molar-refractivity contribution in [1.29, 1.82) is 0 Å². The van der Waals surface area contributed by atoms with Crippen LogP contribution in [0, 0.1) is 0 Å². The highest BCUT2D eigenvalue weighted by molar-refractivity contribution is 9.10. The fourth-order valence-electron chi connectivity index (χ4n) is 9.35. The number of hydrogen-bond acceptors (Lipinski definition) is 11. The fourth-order valence-corrected chi connectivity index (χ4v) is 13.4. The highest BCUT2D eigenvalue weighted by atomic mass is 79.9. The Labute approximate surface area is 565 Å². The first kappa shape index (κ1) is 74.5. The number of nitrogens with one attached hydrogen (secondary N) is 2. The Hall–Kier alpha value is -4.91. The molecule has 1 fully saturated rings. The Morgan fingerprint density at radius 1 is 0.609 bits per heavy atom. The van der Waals surface area contributed by atoms with Crippen molar-refractivity contribution in [3.8, 4) is 22.8 Å². The first-order chi connectivity index (χ1) is 42.7. The monoisotopic (exact) mass is 1390 g/mol. The Morgan fingerprint density at radius 3 is 1.66 bits per heavy atom. The minimum Gasteiger partial charge on any atom is -0.413 e. The summed E-state index contributed by atoms with van der Waals surface area (Å²) in [6.45, 7) is 48.2. The van der Waals surface area contributed by atoms with E-state index in [1.807, 2.05) is 106 Å². The molecule has 21 heteroatoms. The van der Waals surface area contributed by atoms with Gasteiger partial charge in [-0.05, 0) is 217 Å². The number of nitrogens with zero attached hydrogens (tertiary/aromatic N) is 7. The molecule has 2 N–H and O–H groups in total. The van der Waals surface area contributed by atoms with E-state index in [-0.39, 0.29) is 42.9 Å². The van der Waals surface area contributed by atoms with Crippen LogP contribution in [0.5, 0.6) is 0 Å². The number of fused-ring (bicyclic) bond motifs is 2. The van der Waals surface area contributed by atoms with Crippen LogP contribution in [0.2, 0.25) is 36.3 Å².